The first-order valence-electron chi connectivity index (χ1n) is 7.99. The molecular weight excluding hydrogens is 302 g/mol. The molecule has 24 heavy (non-hydrogen) atoms. The number of hydrogen-bond donors (Lipinski definition) is 2. The van der Waals surface area contributed by atoms with Crippen LogP contribution in [0.2, 0.25) is 0 Å². The first-order valence-corrected chi connectivity index (χ1v) is 7.99. The molecule has 7 heteroatoms. The molecule has 3 heterocycles. The van der Waals surface area contributed by atoms with E-state index in [1.807, 2.05) is 31.3 Å². The number of nitrogens with zero attached hydrogens (tertiary/aromatic N) is 5. The van der Waals surface area contributed by atoms with Crippen LogP contribution in [0.5, 0.6) is 0 Å². The van der Waals surface area contributed by atoms with Crippen molar-refractivity contribution in [3.8, 4) is 0 Å². The largest absolute Gasteiger partial charge is 0.362 e. The van der Waals surface area contributed by atoms with Gasteiger partial charge in [0.15, 0.2) is 5.65 Å². The maximum atomic E-state index is 4.67. The van der Waals surface area contributed by atoms with Crippen molar-refractivity contribution in [3.05, 3.63) is 42.1 Å². The second-order valence-corrected chi connectivity index (χ2v) is 6.14. The van der Waals surface area contributed by atoms with E-state index in [9.17, 15) is 0 Å². The molecule has 0 atom stereocenters. The lowest BCUT2D eigenvalue weighted by Gasteiger charge is -2.09. The number of rotatable bonds is 4. The third-order valence-corrected chi connectivity index (χ3v) is 3.99. The SMILES string of the molecule is CC(C)c1nc(NCc2nc3ccccc3[nH]2)c2cnn(C)c2n1. The molecule has 0 saturated carbocycles. The maximum absolute atomic E-state index is 4.67. The number of anilines is 1. The third-order valence-electron chi connectivity index (χ3n) is 3.99. The molecule has 0 saturated heterocycles. The molecule has 0 unspecified atom stereocenters. The minimum atomic E-state index is 0.246. The Morgan fingerprint density at radius 2 is 2.00 bits per heavy atom. The Hall–Kier alpha value is -2.96. The number of imidazole rings is 1. The molecule has 1 aromatic carbocycles. The summed E-state index contributed by atoms with van der Waals surface area (Å²) < 4.78 is 1.77. The molecule has 0 fully saturated rings. The first-order chi connectivity index (χ1) is 11.6. The fraction of sp³-hybridized carbons (Fsp3) is 0.294. The Balaban J connectivity index is 1.68. The van der Waals surface area contributed by atoms with Gasteiger partial charge >= 0.3 is 0 Å². The van der Waals surface area contributed by atoms with Crippen LogP contribution >= 0.6 is 0 Å². The summed E-state index contributed by atoms with van der Waals surface area (Å²) in [6.07, 6.45) is 1.79. The average molecular weight is 321 g/mol. The molecule has 0 radical (unpaired) electrons. The Kier molecular flexibility index (Phi) is 3.41. The molecule has 0 aliphatic heterocycles. The van der Waals surface area contributed by atoms with Gasteiger partial charge in [-0.05, 0) is 12.1 Å². The van der Waals surface area contributed by atoms with E-state index in [4.69, 9.17) is 0 Å². The number of H-pyrrole nitrogens is 1. The van der Waals surface area contributed by atoms with Gasteiger partial charge in [-0.15, -0.1) is 0 Å². The van der Waals surface area contributed by atoms with E-state index in [0.717, 1.165) is 39.5 Å². The number of aryl methyl sites for hydroxylation is 1. The maximum Gasteiger partial charge on any atom is 0.163 e. The van der Waals surface area contributed by atoms with Gasteiger partial charge in [0.1, 0.15) is 17.5 Å². The zero-order valence-electron chi connectivity index (χ0n) is 13.9. The Morgan fingerprint density at radius 1 is 1.17 bits per heavy atom. The Morgan fingerprint density at radius 3 is 2.79 bits per heavy atom. The molecule has 0 aliphatic carbocycles. The normalized spacial score (nSPS) is 11.7. The lowest BCUT2D eigenvalue weighted by molar-refractivity contribution is 0.751. The minimum absolute atomic E-state index is 0.246. The summed E-state index contributed by atoms with van der Waals surface area (Å²) in [7, 11) is 1.89. The zero-order valence-corrected chi connectivity index (χ0v) is 13.9. The van der Waals surface area contributed by atoms with Crippen LogP contribution < -0.4 is 5.32 Å². The smallest absolute Gasteiger partial charge is 0.163 e. The predicted molar refractivity (Wildman–Crippen MR) is 93.8 cm³/mol. The highest BCUT2D eigenvalue weighted by Gasteiger charge is 2.14. The highest BCUT2D eigenvalue weighted by Crippen LogP contribution is 2.23. The van der Waals surface area contributed by atoms with Crippen molar-refractivity contribution in [1.29, 1.82) is 0 Å². The summed E-state index contributed by atoms with van der Waals surface area (Å²) >= 11 is 0. The van der Waals surface area contributed by atoms with Gasteiger partial charge in [0.05, 0.1) is 29.2 Å². The molecule has 0 spiro atoms. The van der Waals surface area contributed by atoms with E-state index in [-0.39, 0.29) is 5.92 Å². The van der Waals surface area contributed by atoms with Crippen LogP contribution in [0, 0.1) is 0 Å². The molecule has 122 valence electrons. The summed E-state index contributed by atoms with van der Waals surface area (Å²) in [5.41, 5.74) is 2.83. The van der Waals surface area contributed by atoms with Gasteiger partial charge in [0.2, 0.25) is 0 Å². The number of aromatic amines is 1. The van der Waals surface area contributed by atoms with Crippen LogP contribution in [0.15, 0.2) is 30.5 Å². The monoisotopic (exact) mass is 321 g/mol. The highest BCUT2D eigenvalue weighted by atomic mass is 15.3. The number of hydrogen-bond acceptors (Lipinski definition) is 5. The second-order valence-electron chi connectivity index (χ2n) is 6.14. The van der Waals surface area contributed by atoms with Gasteiger partial charge in [0.25, 0.3) is 0 Å². The zero-order chi connectivity index (χ0) is 16.7. The fourth-order valence-electron chi connectivity index (χ4n) is 2.69. The molecule has 0 amide bonds. The van der Waals surface area contributed by atoms with Crippen LogP contribution in [0.3, 0.4) is 0 Å². The number of nitrogens with one attached hydrogen (secondary N) is 2. The van der Waals surface area contributed by atoms with Crippen LogP contribution in [-0.4, -0.2) is 29.7 Å². The minimum Gasteiger partial charge on any atom is -0.362 e. The van der Waals surface area contributed by atoms with E-state index in [2.05, 4.69) is 44.2 Å². The van der Waals surface area contributed by atoms with Gasteiger partial charge < -0.3 is 10.3 Å². The van der Waals surface area contributed by atoms with Crippen LogP contribution in [0.25, 0.3) is 22.1 Å². The molecule has 7 nitrogen and oxygen atoms in total. The van der Waals surface area contributed by atoms with Crippen molar-refractivity contribution in [1.82, 2.24) is 29.7 Å². The van der Waals surface area contributed by atoms with Gasteiger partial charge in [0, 0.05) is 13.0 Å². The van der Waals surface area contributed by atoms with Crippen molar-refractivity contribution in [2.75, 3.05) is 5.32 Å². The van der Waals surface area contributed by atoms with Gasteiger partial charge in [-0.2, -0.15) is 5.10 Å². The molecule has 3 aromatic heterocycles. The number of para-hydroxylation sites is 2. The lowest BCUT2D eigenvalue weighted by atomic mass is 10.2. The number of benzene rings is 1. The van der Waals surface area contributed by atoms with E-state index in [0.29, 0.717) is 6.54 Å². The van der Waals surface area contributed by atoms with E-state index >= 15 is 0 Å². The van der Waals surface area contributed by atoms with Crippen molar-refractivity contribution in [2.24, 2.45) is 7.05 Å². The standard InChI is InChI=1S/C17H19N7/c1-10(2)15-22-16(11-8-19-24(3)17(11)23-15)18-9-14-20-12-6-4-5-7-13(12)21-14/h4-8,10H,9H2,1-3H3,(H,20,21)(H,18,22,23). The molecule has 4 rings (SSSR count). The Labute approximate surface area is 139 Å². The van der Waals surface area contributed by atoms with Crippen molar-refractivity contribution >= 4 is 27.9 Å². The second kappa shape index (κ2) is 5.59. The summed E-state index contributed by atoms with van der Waals surface area (Å²) in [5, 5.41) is 8.59. The topological polar surface area (TPSA) is 84.3 Å². The van der Waals surface area contributed by atoms with Crippen molar-refractivity contribution in [2.45, 2.75) is 26.3 Å². The molecule has 2 N–H and O–H groups in total. The fourth-order valence-corrected chi connectivity index (χ4v) is 2.69. The molecular formula is C17H19N7. The average Bonchev–Trinajstić information content (AvgIpc) is 3.16. The summed E-state index contributed by atoms with van der Waals surface area (Å²) in [6.45, 7) is 4.73. The number of fused-ring (bicyclic) bond motifs is 2. The van der Waals surface area contributed by atoms with Crippen LogP contribution in [-0.2, 0) is 13.6 Å². The van der Waals surface area contributed by atoms with E-state index in [1.165, 1.54) is 0 Å². The summed E-state index contributed by atoms with van der Waals surface area (Å²) in [5.74, 6) is 2.71. The van der Waals surface area contributed by atoms with Crippen molar-refractivity contribution in [3.63, 3.8) is 0 Å². The van der Waals surface area contributed by atoms with E-state index < -0.39 is 0 Å². The molecule has 0 bridgehead atoms. The molecule has 4 aromatic rings. The van der Waals surface area contributed by atoms with Gasteiger partial charge in [-0.25, -0.2) is 15.0 Å². The van der Waals surface area contributed by atoms with Crippen LogP contribution in [0.4, 0.5) is 5.82 Å². The van der Waals surface area contributed by atoms with Crippen molar-refractivity contribution < 1.29 is 0 Å². The quantitative estimate of drug-likeness (QED) is 0.603. The van der Waals surface area contributed by atoms with E-state index in [1.54, 1.807) is 10.9 Å². The third kappa shape index (κ3) is 2.47. The highest BCUT2D eigenvalue weighted by molar-refractivity contribution is 5.86. The summed E-state index contributed by atoms with van der Waals surface area (Å²) in [4.78, 5) is 17.2. The summed E-state index contributed by atoms with van der Waals surface area (Å²) in [6, 6.07) is 8.00. The van der Waals surface area contributed by atoms with Gasteiger partial charge in [-0.1, -0.05) is 26.0 Å². The molecule has 0 aliphatic rings. The number of aromatic nitrogens is 6. The predicted octanol–water partition coefficient (Wildman–Crippen LogP) is 2.98. The Bertz CT molecular complexity index is 979. The van der Waals surface area contributed by atoms with Gasteiger partial charge in [-0.3, -0.25) is 4.68 Å². The first kappa shape index (κ1) is 14.6. The van der Waals surface area contributed by atoms with Crippen LogP contribution in [0.1, 0.15) is 31.4 Å². The lowest BCUT2D eigenvalue weighted by Crippen LogP contribution is -2.08.